The molecule has 2 heterocycles. The van der Waals surface area contributed by atoms with Crippen molar-refractivity contribution in [2.75, 3.05) is 17.8 Å². The lowest BCUT2D eigenvalue weighted by Gasteiger charge is -2.24. The number of hydrogen-bond acceptors (Lipinski definition) is 6. The molecule has 22 heavy (non-hydrogen) atoms. The summed E-state index contributed by atoms with van der Waals surface area (Å²) in [6.45, 7) is 1.83. The van der Waals surface area contributed by atoms with E-state index in [1.54, 1.807) is 12.3 Å². The van der Waals surface area contributed by atoms with Crippen molar-refractivity contribution in [3.8, 4) is 5.75 Å². The van der Waals surface area contributed by atoms with E-state index in [1.165, 1.54) is 17.4 Å². The molecule has 1 aromatic heterocycles. The molecule has 0 amide bonds. The quantitative estimate of drug-likeness (QED) is 0.784. The van der Waals surface area contributed by atoms with E-state index in [0.717, 1.165) is 43.0 Å². The fourth-order valence-corrected chi connectivity index (χ4v) is 3.69. The standard InChI is InChI=1S/C14H15ClFN3OS2/c15-10-7-13(22-19-14-18-5-6-21-14)11(16)8-12(10)20-9-1-3-17-4-2-9/h5-9,17H,1-4H2,(H,18,19). The molecular weight excluding hydrogens is 345 g/mol. The maximum absolute atomic E-state index is 14.2. The van der Waals surface area contributed by atoms with Crippen LogP contribution in [-0.4, -0.2) is 24.2 Å². The number of benzene rings is 1. The van der Waals surface area contributed by atoms with Crippen molar-refractivity contribution < 1.29 is 9.13 Å². The molecule has 1 aliphatic rings. The van der Waals surface area contributed by atoms with E-state index in [9.17, 15) is 4.39 Å². The smallest absolute Gasteiger partial charge is 0.192 e. The third-order valence-corrected chi connectivity index (χ3v) is 5.19. The van der Waals surface area contributed by atoms with Gasteiger partial charge in [-0.15, -0.1) is 11.3 Å². The molecule has 0 saturated carbocycles. The number of thiazole rings is 1. The molecule has 0 aliphatic carbocycles. The average molecular weight is 360 g/mol. The number of nitrogens with one attached hydrogen (secondary N) is 2. The van der Waals surface area contributed by atoms with Crippen LogP contribution in [0.3, 0.4) is 0 Å². The van der Waals surface area contributed by atoms with Crippen LogP contribution in [0.1, 0.15) is 12.8 Å². The Labute approximate surface area is 141 Å². The lowest BCUT2D eigenvalue weighted by atomic mass is 10.1. The Morgan fingerprint density at radius 3 is 2.95 bits per heavy atom. The molecule has 3 rings (SSSR count). The van der Waals surface area contributed by atoms with Crippen LogP contribution < -0.4 is 14.8 Å². The minimum atomic E-state index is -0.359. The van der Waals surface area contributed by atoms with Crippen LogP contribution in [0.5, 0.6) is 5.75 Å². The Kier molecular flexibility index (Phi) is 5.41. The highest BCUT2D eigenvalue weighted by Crippen LogP contribution is 2.34. The number of ether oxygens (including phenoxy) is 1. The molecule has 0 radical (unpaired) electrons. The number of aromatic nitrogens is 1. The van der Waals surface area contributed by atoms with Crippen molar-refractivity contribution in [2.45, 2.75) is 23.8 Å². The third-order valence-electron chi connectivity index (χ3n) is 3.25. The third kappa shape index (κ3) is 4.04. The summed E-state index contributed by atoms with van der Waals surface area (Å²) in [6, 6.07) is 2.94. The summed E-state index contributed by atoms with van der Waals surface area (Å²) < 4.78 is 23.0. The molecule has 4 nitrogen and oxygen atoms in total. The fraction of sp³-hybridized carbons (Fsp3) is 0.357. The van der Waals surface area contributed by atoms with E-state index in [-0.39, 0.29) is 11.9 Å². The fourth-order valence-electron chi connectivity index (χ4n) is 2.14. The molecule has 1 saturated heterocycles. The van der Waals surface area contributed by atoms with Crippen molar-refractivity contribution in [2.24, 2.45) is 0 Å². The predicted octanol–water partition coefficient (Wildman–Crippen LogP) is 4.19. The van der Waals surface area contributed by atoms with Gasteiger partial charge < -0.3 is 14.8 Å². The Morgan fingerprint density at radius 2 is 2.23 bits per heavy atom. The van der Waals surface area contributed by atoms with Crippen molar-refractivity contribution >= 4 is 40.0 Å². The van der Waals surface area contributed by atoms with Gasteiger partial charge in [-0.3, -0.25) is 0 Å². The first-order chi connectivity index (χ1) is 10.7. The summed E-state index contributed by atoms with van der Waals surface area (Å²) in [5.41, 5.74) is 0. The second-order valence-corrected chi connectivity index (χ2v) is 6.97. The Balaban J connectivity index is 1.67. The number of hydrogen-bond donors (Lipinski definition) is 2. The number of anilines is 1. The molecule has 1 aromatic carbocycles. The van der Waals surface area contributed by atoms with Gasteiger partial charge in [-0.05, 0) is 43.9 Å². The molecule has 8 heteroatoms. The molecule has 0 unspecified atom stereocenters. The Bertz CT molecular complexity index is 621. The van der Waals surface area contributed by atoms with E-state index in [1.807, 2.05) is 5.38 Å². The van der Waals surface area contributed by atoms with Crippen LogP contribution in [0.15, 0.2) is 28.6 Å². The highest BCUT2D eigenvalue weighted by molar-refractivity contribution is 8.00. The molecule has 0 atom stereocenters. The molecule has 2 aromatic rings. The number of nitrogens with zero attached hydrogens (tertiary/aromatic N) is 1. The van der Waals surface area contributed by atoms with Gasteiger partial charge in [-0.1, -0.05) is 11.6 Å². The first-order valence-electron chi connectivity index (χ1n) is 6.91. The molecule has 0 spiro atoms. The zero-order valence-corrected chi connectivity index (χ0v) is 14.0. The van der Waals surface area contributed by atoms with Crippen LogP contribution in [-0.2, 0) is 0 Å². The number of halogens is 2. The average Bonchev–Trinajstić information content (AvgIpc) is 3.04. The van der Waals surface area contributed by atoms with Gasteiger partial charge in [0.1, 0.15) is 17.7 Å². The van der Waals surface area contributed by atoms with Crippen molar-refractivity contribution in [1.82, 2.24) is 10.3 Å². The summed E-state index contributed by atoms with van der Waals surface area (Å²) in [5, 5.41) is 6.25. The SMILES string of the molecule is Fc1cc(OC2CCNCC2)c(Cl)cc1SNc1nccs1. The summed E-state index contributed by atoms with van der Waals surface area (Å²) in [4.78, 5) is 4.49. The van der Waals surface area contributed by atoms with Crippen LogP contribution in [0, 0.1) is 5.82 Å². The summed E-state index contributed by atoms with van der Waals surface area (Å²) in [7, 11) is 0. The Morgan fingerprint density at radius 1 is 1.41 bits per heavy atom. The van der Waals surface area contributed by atoms with Gasteiger partial charge in [0.25, 0.3) is 0 Å². The second kappa shape index (κ2) is 7.50. The van der Waals surface area contributed by atoms with Gasteiger partial charge in [-0.2, -0.15) is 0 Å². The number of piperidine rings is 1. The zero-order valence-electron chi connectivity index (χ0n) is 11.6. The second-order valence-electron chi connectivity index (χ2n) is 4.82. The van der Waals surface area contributed by atoms with E-state index in [4.69, 9.17) is 16.3 Å². The van der Waals surface area contributed by atoms with Gasteiger partial charge >= 0.3 is 0 Å². The van der Waals surface area contributed by atoms with Crippen molar-refractivity contribution in [1.29, 1.82) is 0 Å². The molecule has 118 valence electrons. The Hall–Kier alpha value is -1.02. The number of rotatable bonds is 5. The summed E-state index contributed by atoms with van der Waals surface area (Å²) in [6.07, 6.45) is 3.58. The first kappa shape index (κ1) is 15.9. The highest BCUT2D eigenvalue weighted by Gasteiger charge is 2.18. The van der Waals surface area contributed by atoms with Crippen molar-refractivity contribution in [3.63, 3.8) is 0 Å². The first-order valence-corrected chi connectivity index (χ1v) is 8.98. The largest absolute Gasteiger partial charge is 0.489 e. The monoisotopic (exact) mass is 359 g/mol. The minimum Gasteiger partial charge on any atom is -0.489 e. The normalized spacial score (nSPS) is 15.7. The summed E-state index contributed by atoms with van der Waals surface area (Å²) >= 11 is 8.82. The van der Waals surface area contributed by atoms with Crippen molar-refractivity contribution in [3.05, 3.63) is 34.5 Å². The molecule has 1 aliphatic heterocycles. The van der Waals surface area contributed by atoms with Gasteiger partial charge in [0.05, 0.1) is 9.92 Å². The maximum atomic E-state index is 14.2. The highest BCUT2D eigenvalue weighted by atomic mass is 35.5. The molecule has 2 N–H and O–H groups in total. The van der Waals surface area contributed by atoms with E-state index in [2.05, 4.69) is 15.0 Å². The topological polar surface area (TPSA) is 46.2 Å². The van der Waals surface area contributed by atoms with E-state index < -0.39 is 0 Å². The van der Waals surface area contributed by atoms with E-state index in [0.29, 0.717) is 15.7 Å². The molecule has 1 fully saturated rings. The molecule has 0 bridgehead atoms. The van der Waals surface area contributed by atoms with Crippen LogP contribution in [0.4, 0.5) is 9.52 Å². The van der Waals surface area contributed by atoms with Gasteiger partial charge in [-0.25, -0.2) is 9.37 Å². The van der Waals surface area contributed by atoms with Crippen LogP contribution >= 0.6 is 34.9 Å². The van der Waals surface area contributed by atoms with Gasteiger partial charge in [0.2, 0.25) is 0 Å². The van der Waals surface area contributed by atoms with Crippen LogP contribution in [0.25, 0.3) is 0 Å². The lowest BCUT2D eigenvalue weighted by molar-refractivity contribution is 0.162. The lowest BCUT2D eigenvalue weighted by Crippen LogP contribution is -2.34. The minimum absolute atomic E-state index is 0.0881. The maximum Gasteiger partial charge on any atom is 0.192 e. The zero-order chi connectivity index (χ0) is 15.4. The summed E-state index contributed by atoms with van der Waals surface area (Å²) in [5.74, 6) is 0.0482. The van der Waals surface area contributed by atoms with E-state index >= 15 is 0 Å². The van der Waals surface area contributed by atoms with Crippen LogP contribution in [0.2, 0.25) is 5.02 Å². The molecular formula is C14H15ClFN3OS2. The van der Waals surface area contributed by atoms with Gasteiger partial charge in [0, 0.05) is 17.6 Å². The van der Waals surface area contributed by atoms with Gasteiger partial charge in [0.15, 0.2) is 5.13 Å². The predicted molar refractivity (Wildman–Crippen MR) is 89.5 cm³/mol.